The van der Waals surface area contributed by atoms with Crippen molar-refractivity contribution in [3.8, 4) is 11.3 Å². The highest BCUT2D eigenvalue weighted by molar-refractivity contribution is 7.07. The van der Waals surface area contributed by atoms with Crippen molar-refractivity contribution in [3.63, 3.8) is 0 Å². The zero-order chi connectivity index (χ0) is 17.6. The van der Waals surface area contributed by atoms with Crippen LogP contribution in [0, 0.1) is 11.8 Å². The van der Waals surface area contributed by atoms with Crippen LogP contribution >= 0.6 is 11.3 Å². The molecule has 0 aliphatic carbocycles. The third-order valence-corrected chi connectivity index (χ3v) is 5.43. The SMILES string of the molecule is CC(C)CCN1CCC(C(=O)Nc2cccc(-c3cscn3)c2)CC1. The fourth-order valence-corrected chi connectivity index (χ4v) is 3.78. The lowest BCUT2D eigenvalue weighted by Gasteiger charge is -2.31. The van der Waals surface area contributed by atoms with E-state index in [0.29, 0.717) is 0 Å². The molecule has 0 saturated carbocycles. The van der Waals surface area contributed by atoms with E-state index in [4.69, 9.17) is 0 Å². The quantitative estimate of drug-likeness (QED) is 0.827. The Kier molecular flexibility index (Phi) is 6.21. The molecule has 25 heavy (non-hydrogen) atoms. The largest absolute Gasteiger partial charge is 0.326 e. The average Bonchev–Trinajstić information content (AvgIpc) is 3.15. The Balaban J connectivity index is 1.52. The molecule has 1 amide bonds. The molecule has 134 valence electrons. The van der Waals surface area contributed by atoms with Crippen molar-refractivity contribution in [3.05, 3.63) is 35.2 Å². The maximum atomic E-state index is 12.6. The minimum Gasteiger partial charge on any atom is -0.326 e. The number of likely N-dealkylation sites (tertiary alicyclic amines) is 1. The van der Waals surface area contributed by atoms with Gasteiger partial charge < -0.3 is 10.2 Å². The van der Waals surface area contributed by atoms with E-state index < -0.39 is 0 Å². The molecule has 1 aliphatic heterocycles. The number of piperidine rings is 1. The number of hydrogen-bond acceptors (Lipinski definition) is 4. The summed E-state index contributed by atoms with van der Waals surface area (Å²) in [5.41, 5.74) is 4.69. The van der Waals surface area contributed by atoms with Gasteiger partial charge in [0, 0.05) is 22.5 Å². The van der Waals surface area contributed by atoms with Crippen LogP contribution < -0.4 is 5.32 Å². The van der Waals surface area contributed by atoms with Crippen molar-refractivity contribution in [2.45, 2.75) is 33.1 Å². The number of hydrogen-bond donors (Lipinski definition) is 1. The average molecular weight is 358 g/mol. The van der Waals surface area contributed by atoms with Gasteiger partial charge >= 0.3 is 0 Å². The number of nitrogens with zero attached hydrogens (tertiary/aromatic N) is 2. The smallest absolute Gasteiger partial charge is 0.227 e. The minimum absolute atomic E-state index is 0.123. The Morgan fingerprint density at radius 3 is 2.84 bits per heavy atom. The van der Waals surface area contributed by atoms with Gasteiger partial charge in [-0.2, -0.15) is 0 Å². The molecule has 0 radical (unpaired) electrons. The first-order chi connectivity index (χ1) is 12.1. The maximum Gasteiger partial charge on any atom is 0.227 e. The molecule has 1 aliphatic rings. The maximum absolute atomic E-state index is 12.6. The summed E-state index contributed by atoms with van der Waals surface area (Å²) >= 11 is 1.58. The van der Waals surface area contributed by atoms with Crippen LogP contribution in [0.4, 0.5) is 5.69 Å². The Hall–Kier alpha value is -1.72. The molecular weight excluding hydrogens is 330 g/mol. The molecular formula is C20H27N3OS. The molecule has 1 aromatic carbocycles. The number of carbonyl (C=O) groups is 1. The summed E-state index contributed by atoms with van der Waals surface area (Å²) < 4.78 is 0. The van der Waals surface area contributed by atoms with Crippen molar-refractivity contribution in [2.75, 3.05) is 25.0 Å². The van der Waals surface area contributed by atoms with E-state index in [2.05, 4.69) is 29.0 Å². The zero-order valence-corrected chi connectivity index (χ0v) is 15.9. The molecule has 1 aromatic heterocycles. The van der Waals surface area contributed by atoms with Gasteiger partial charge in [-0.05, 0) is 56.9 Å². The lowest BCUT2D eigenvalue weighted by molar-refractivity contribution is -0.121. The number of thiazole rings is 1. The first-order valence-electron chi connectivity index (χ1n) is 9.13. The molecule has 0 atom stereocenters. The van der Waals surface area contributed by atoms with Crippen LogP contribution in [-0.4, -0.2) is 35.4 Å². The third kappa shape index (κ3) is 5.13. The Morgan fingerprint density at radius 2 is 2.16 bits per heavy atom. The first-order valence-corrected chi connectivity index (χ1v) is 10.1. The summed E-state index contributed by atoms with van der Waals surface area (Å²) in [6.45, 7) is 7.74. The summed E-state index contributed by atoms with van der Waals surface area (Å²) in [5, 5.41) is 5.12. The third-order valence-electron chi connectivity index (χ3n) is 4.84. The van der Waals surface area contributed by atoms with E-state index in [1.54, 1.807) is 11.3 Å². The number of nitrogens with one attached hydrogen (secondary N) is 1. The molecule has 1 N–H and O–H groups in total. The van der Waals surface area contributed by atoms with Crippen LogP contribution in [0.1, 0.15) is 33.1 Å². The van der Waals surface area contributed by atoms with Gasteiger partial charge in [0.15, 0.2) is 0 Å². The molecule has 0 spiro atoms. The van der Waals surface area contributed by atoms with Gasteiger partial charge in [-0.3, -0.25) is 4.79 Å². The predicted molar refractivity (Wildman–Crippen MR) is 105 cm³/mol. The van der Waals surface area contributed by atoms with Gasteiger partial charge in [0.25, 0.3) is 0 Å². The van der Waals surface area contributed by atoms with E-state index in [1.807, 2.05) is 35.2 Å². The minimum atomic E-state index is 0.123. The normalized spacial score (nSPS) is 16.3. The van der Waals surface area contributed by atoms with Crippen molar-refractivity contribution >= 4 is 22.9 Å². The number of amides is 1. The fraction of sp³-hybridized carbons (Fsp3) is 0.500. The molecule has 1 fully saturated rings. The van der Waals surface area contributed by atoms with Crippen molar-refractivity contribution in [1.82, 2.24) is 9.88 Å². The van der Waals surface area contributed by atoms with Crippen LogP contribution in [0.2, 0.25) is 0 Å². The van der Waals surface area contributed by atoms with Gasteiger partial charge in [-0.15, -0.1) is 11.3 Å². The van der Waals surface area contributed by atoms with Crippen molar-refractivity contribution in [2.24, 2.45) is 11.8 Å². The summed E-state index contributed by atoms with van der Waals surface area (Å²) in [5.74, 6) is 1.02. The standard InChI is InChI=1S/C20H27N3OS/c1-15(2)6-9-23-10-7-16(8-11-23)20(24)22-18-5-3-4-17(12-18)19-13-25-14-21-19/h3-5,12-16H,6-11H2,1-2H3,(H,22,24). The molecule has 1 saturated heterocycles. The van der Waals surface area contributed by atoms with E-state index in [0.717, 1.165) is 55.3 Å². The van der Waals surface area contributed by atoms with Gasteiger partial charge in [-0.1, -0.05) is 26.0 Å². The molecule has 3 rings (SSSR count). The summed E-state index contributed by atoms with van der Waals surface area (Å²) in [7, 11) is 0. The lowest BCUT2D eigenvalue weighted by Crippen LogP contribution is -2.38. The van der Waals surface area contributed by atoms with Gasteiger partial charge in [-0.25, -0.2) is 4.98 Å². The number of benzene rings is 1. The van der Waals surface area contributed by atoms with Crippen molar-refractivity contribution in [1.29, 1.82) is 0 Å². The van der Waals surface area contributed by atoms with Crippen LogP contribution in [0.15, 0.2) is 35.2 Å². The Morgan fingerprint density at radius 1 is 1.36 bits per heavy atom. The molecule has 4 nitrogen and oxygen atoms in total. The summed E-state index contributed by atoms with van der Waals surface area (Å²) in [6, 6.07) is 7.95. The second-order valence-electron chi connectivity index (χ2n) is 7.24. The number of rotatable bonds is 6. The monoisotopic (exact) mass is 357 g/mol. The number of aromatic nitrogens is 1. The van der Waals surface area contributed by atoms with E-state index in [1.165, 1.54) is 6.42 Å². The fourth-order valence-electron chi connectivity index (χ4n) is 3.22. The number of carbonyl (C=O) groups excluding carboxylic acids is 1. The van der Waals surface area contributed by atoms with E-state index in [-0.39, 0.29) is 11.8 Å². The van der Waals surface area contributed by atoms with E-state index >= 15 is 0 Å². The second-order valence-corrected chi connectivity index (χ2v) is 7.96. The van der Waals surface area contributed by atoms with Crippen LogP contribution in [0.5, 0.6) is 0 Å². The first kappa shape index (κ1) is 18.1. The molecule has 0 bridgehead atoms. The second kappa shape index (κ2) is 8.59. The molecule has 2 aromatic rings. The van der Waals surface area contributed by atoms with Gasteiger partial charge in [0.1, 0.15) is 0 Å². The van der Waals surface area contributed by atoms with Crippen LogP contribution in [-0.2, 0) is 4.79 Å². The predicted octanol–water partition coefficient (Wildman–Crippen LogP) is 4.51. The molecule has 5 heteroatoms. The summed E-state index contributed by atoms with van der Waals surface area (Å²) in [4.78, 5) is 19.4. The van der Waals surface area contributed by atoms with E-state index in [9.17, 15) is 4.79 Å². The molecule has 2 heterocycles. The highest BCUT2D eigenvalue weighted by Gasteiger charge is 2.25. The van der Waals surface area contributed by atoms with Gasteiger partial charge in [0.2, 0.25) is 5.91 Å². The Bertz CT molecular complexity index is 676. The van der Waals surface area contributed by atoms with Crippen LogP contribution in [0.25, 0.3) is 11.3 Å². The summed E-state index contributed by atoms with van der Waals surface area (Å²) in [6.07, 6.45) is 3.14. The topological polar surface area (TPSA) is 45.2 Å². The highest BCUT2D eigenvalue weighted by Crippen LogP contribution is 2.24. The zero-order valence-electron chi connectivity index (χ0n) is 15.1. The lowest BCUT2D eigenvalue weighted by atomic mass is 9.95. The Labute approximate surface area is 154 Å². The number of anilines is 1. The van der Waals surface area contributed by atoms with Crippen molar-refractivity contribution < 1.29 is 4.79 Å². The highest BCUT2D eigenvalue weighted by atomic mass is 32.1. The van der Waals surface area contributed by atoms with Crippen LogP contribution in [0.3, 0.4) is 0 Å². The van der Waals surface area contributed by atoms with Gasteiger partial charge in [0.05, 0.1) is 11.2 Å². The molecule has 0 unspecified atom stereocenters.